The highest BCUT2D eigenvalue weighted by molar-refractivity contribution is 6.04. The average molecular weight is 380 g/mol. The monoisotopic (exact) mass is 380 g/mol. The number of hydrogen-bond donors (Lipinski definition) is 1. The van der Waals surface area contributed by atoms with Crippen molar-refractivity contribution in [3.8, 4) is 11.3 Å². The number of hydrogen-bond acceptors (Lipinski definition) is 3. The van der Waals surface area contributed by atoms with E-state index < -0.39 is 0 Å². The minimum Gasteiger partial charge on any atom is -0.354 e. The van der Waals surface area contributed by atoms with E-state index in [9.17, 15) is 4.79 Å². The maximum atomic E-state index is 12.5. The zero-order valence-corrected chi connectivity index (χ0v) is 16.0. The molecule has 0 spiro atoms. The molecule has 1 N–H and O–H groups in total. The van der Waals surface area contributed by atoms with E-state index in [4.69, 9.17) is 5.10 Å². The number of para-hydroxylation sites is 1. The number of carbonyl (C=O) groups excluding carboxylic acids is 1. The van der Waals surface area contributed by atoms with E-state index in [1.807, 2.05) is 42.5 Å². The summed E-state index contributed by atoms with van der Waals surface area (Å²) in [4.78, 5) is 20.2. The minimum absolute atomic E-state index is 0.0663. The van der Waals surface area contributed by atoms with Crippen molar-refractivity contribution in [2.24, 2.45) is 5.10 Å². The number of H-pyrrole nitrogens is 1. The lowest BCUT2D eigenvalue weighted by atomic mass is 9.94. The van der Waals surface area contributed by atoms with Crippen LogP contribution in [-0.2, 0) is 4.79 Å². The summed E-state index contributed by atoms with van der Waals surface area (Å²) in [6, 6.07) is 22.2. The number of hydrazone groups is 1. The van der Waals surface area contributed by atoms with Crippen molar-refractivity contribution in [1.29, 1.82) is 0 Å². The topological polar surface area (TPSA) is 61.4 Å². The van der Waals surface area contributed by atoms with E-state index in [2.05, 4.69) is 34.2 Å². The molecule has 0 fully saturated rings. The first-order valence-corrected chi connectivity index (χ1v) is 9.66. The molecule has 5 nitrogen and oxygen atoms in total. The van der Waals surface area contributed by atoms with Crippen molar-refractivity contribution in [3.05, 3.63) is 90.3 Å². The standard InChI is InChI=1S/C24H20N4O/c1-16(29)28-22(15-21(27-28)17-11-13-25-14-12-17)23-19-9-5-6-10-20(19)26-24(23)18-7-3-2-4-8-18/h2-14,22,26H,15H2,1H3. The van der Waals surface area contributed by atoms with Gasteiger partial charge >= 0.3 is 0 Å². The molecule has 2 aromatic carbocycles. The molecule has 142 valence electrons. The number of aromatic nitrogens is 2. The van der Waals surface area contributed by atoms with Gasteiger partial charge in [0.1, 0.15) is 0 Å². The van der Waals surface area contributed by atoms with Gasteiger partial charge in [-0.3, -0.25) is 9.78 Å². The lowest BCUT2D eigenvalue weighted by molar-refractivity contribution is -0.130. The number of rotatable bonds is 3. The van der Waals surface area contributed by atoms with E-state index in [1.54, 1.807) is 24.3 Å². The Morgan fingerprint density at radius 1 is 0.966 bits per heavy atom. The first-order valence-electron chi connectivity index (χ1n) is 9.66. The van der Waals surface area contributed by atoms with Gasteiger partial charge in [-0.15, -0.1) is 0 Å². The fourth-order valence-electron chi connectivity index (χ4n) is 4.09. The SMILES string of the molecule is CC(=O)N1N=C(c2ccncc2)CC1c1c(-c2ccccc2)[nH]c2ccccc12. The maximum Gasteiger partial charge on any atom is 0.240 e. The highest BCUT2D eigenvalue weighted by atomic mass is 16.2. The average Bonchev–Trinajstić information content (AvgIpc) is 3.37. The van der Waals surface area contributed by atoms with Crippen LogP contribution in [0.2, 0.25) is 0 Å². The van der Waals surface area contributed by atoms with E-state index in [-0.39, 0.29) is 11.9 Å². The molecule has 0 bridgehead atoms. The predicted octanol–water partition coefficient (Wildman–Crippen LogP) is 4.93. The second kappa shape index (κ2) is 7.02. The third kappa shape index (κ3) is 3.01. The summed E-state index contributed by atoms with van der Waals surface area (Å²) in [5.74, 6) is -0.0663. The van der Waals surface area contributed by atoms with Gasteiger partial charge in [-0.05, 0) is 23.8 Å². The number of nitrogens with one attached hydrogen (secondary N) is 1. The van der Waals surface area contributed by atoms with Crippen LogP contribution in [0.15, 0.2) is 84.2 Å². The van der Waals surface area contributed by atoms with Crippen LogP contribution in [0, 0.1) is 0 Å². The summed E-state index contributed by atoms with van der Waals surface area (Å²) >= 11 is 0. The number of carbonyl (C=O) groups is 1. The van der Waals surface area contributed by atoms with Crippen LogP contribution in [0.1, 0.15) is 30.5 Å². The summed E-state index contributed by atoms with van der Waals surface area (Å²) in [6.07, 6.45) is 4.17. The fraction of sp³-hybridized carbons (Fsp3) is 0.125. The molecule has 2 aromatic heterocycles. The van der Waals surface area contributed by atoms with Crippen LogP contribution in [-0.4, -0.2) is 26.6 Å². The molecule has 4 aromatic rings. The van der Waals surface area contributed by atoms with Gasteiger partial charge in [-0.25, -0.2) is 5.01 Å². The van der Waals surface area contributed by atoms with Crippen LogP contribution in [0.4, 0.5) is 0 Å². The molecular formula is C24H20N4O. The van der Waals surface area contributed by atoms with Gasteiger partial charge in [0.05, 0.1) is 17.4 Å². The van der Waals surface area contributed by atoms with Crippen LogP contribution >= 0.6 is 0 Å². The quantitative estimate of drug-likeness (QED) is 0.548. The molecule has 0 aliphatic carbocycles. The number of pyridine rings is 1. The first kappa shape index (κ1) is 17.4. The number of nitrogens with zero attached hydrogens (tertiary/aromatic N) is 3. The third-order valence-corrected chi connectivity index (χ3v) is 5.39. The first-order chi connectivity index (χ1) is 14.2. The van der Waals surface area contributed by atoms with Gasteiger partial charge in [-0.1, -0.05) is 48.5 Å². The molecule has 0 radical (unpaired) electrons. The van der Waals surface area contributed by atoms with E-state index >= 15 is 0 Å². The predicted molar refractivity (Wildman–Crippen MR) is 114 cm³/mol. The summed E-state index contributed by atoms with van der Waals surface area (Å²) in [5.41, 5.74) is 6.19. The molecule has 0 saturated carbocycles. The molecule has 0 saturated heterocycles. The minimum atomic E-state index is -0.165. The fourth-order valence-corrected chi connectivity index (χ4v) is 4.09. The molecule has 1 aliphatic heterocycles. The second-order valence-corrected chi connectivity index (χ2v) is 7.19. The van der Waals surface area contributed by atoms with Gasteiger partial charge < -0.3 is 4.98 Å². The van der Waals surface area contributed by atoms with Gasteiger partial charge in [-0.2, -0.15) is 5.10 Å². The molecule has 1 unspecified atom stereocenters. The largest absolute Gasteiger partial charge is 0.354 e. The summed E-state index contributed by atoms with van der Waals surface area (Å²) in [5, 5.41) is 7.44. The highest BCUT2D eigenvalue weighted by Crippen LogP contribution is 2.42. The number of amides is 1. The summed E-state index contributed by atoms with van der Waals surface area (Å²) in [6.45, 7) is 1.57. The summed E-state index contributed by atoms with van der Waals surface area (Å²) in [7, 11) is 0. The van der Waals surface area contributed by atoms with Crippen LogP contribution in [0.3, 0.4) is 0 Å². The Kier molecular flexibility index (Phi) is 4.21. The second-order valence-electron chi connectivity index (χ2n) is 7.19. The molecule has 1 amide bonds. The van der Waals surface area contributed by atoms with Crippen molar-refractivity contribution in [3.63, 3.8) is 0 Å². The smallest absolute Gasteiger partial charge is 0.240 e. The van der Waals surface area contributed by atoms with Crippen molar-refractivity contribution >= 4 is 22.5 Å². The van der Waals surface area contributed by atoms with E-state index in [1.165, 1.54) is 0 Å². The highest BCUT2D eigenvalue weighted by Gasteiger charge is 2.35. The summed E-state index contributed by atoms with van der Waals surface area (Å²) < 4.78 is 0. The molecule has 1 atom stereocenters. The van der Waals surface area contributed by atoms with Gasteiger partial charge in [0.15, 0.2) is 0 Å². The molecular weight excluding hydrogens is 360 g/mol. The Morgan fingerprint density at radius 2 is 1.69 bits per heavy atom. The number of fused-ring (bicyclic) bond motifs is 1. The Bertz CT molecular complexity index is 1210. The normalized spacial score (nSPS) is 16.2. The third-order valence-electron chi connectivity index (χ3n) is 5.39. The van der Waals surface area contributed by atoms with Gasteiger partial charge in [0.2, 0.25) is 5.91 Å². The molecule has 29 heavy (non-hydrogen) atoms. The van der Waals surface area contributed by atoms with Crippen molar-refractivity contribution in [2.75, 3.05) is 0 Å². The molecule has 3 heterocycles. The lowest BCUT2D eigenvalue weighted by Crippen LogP contribution is -2.24. The zero-order chi connectivity index (χ0) is 19.8. The Balaban J connectivity index is 1.68. The molecule has 5 rings (SSSR count). The Hall–Kier alpha value is -3.73. The van der Waals surface area contributed by atoms with E-state index in [0.29, 0.717) is 6.42 Å². The van der Waals surface area contributed by atoms with Gasteiger partial charge in [0.25, 0.3) is 0 Å². The number of aromatic amines is 1. The lowest BCUT2D eigenvalue weighted by Gasteiger charge is -2.21. The Morgan fingerprint density at radius 3 is 2.45 bits per heavy atom. The van der Waals surface area contributed by atoms with Crippen LogP contribution in [0.25, 0.3) is 22.2 Å². The van der Waals surface area contributed by atoms with E-state index in [0.717, 1.165) is 39.0 Å². The maximum absolute atomic E-state index is 12.5. The van der Waals surface area contributed by atoms with Gasteiger partial charge in [0, 0.05) is 47.8 Å². The Labute approximate surface area is 168 Å². The number of benzene rings is 2. The van der Waals surface area contributed by atoms with Crippen molar-refractivity contribution in [1.82, 2.24) is 15.0 Å². The van der Waals surface area contributed by atoms with Crippen molar-refractivity contribution < 1.29 is 4.79 Å². The zero-order valence-electron chi connectivity index (χ0n) is 16.0. The van der Waals surface area contributed by atoms with Crippen LogP contribution in [0.5, 0.6) is 0 Å². The van der Waals surface area contributed by atoms with Crippen LogP contribution < -0.4 is 0 Å². The molecule has 1 aliphatic rings. The van der Waals surface area contributed by atoms with Crippen molar-refractivity contribution in [2.45, 2.75) is 19.4 Å². The molecule has 5 heteroatoms.